The standard InChI is InChI=1S/C26H24O5/c1-15-9-10-18-7-5-6-8-20(18)22(15)14-30-23-12-11-19-16(2)21(13-24(27)29-4)26(28)31-25(19)17(23)3/h5-12H,13-14H2,1-4H3. The Balaban J connectivity index is 1.71. The second-order valence-corrected chi connectivity index (χ2v) is 7.68. The lowest BCUT2D eigenvalue weighted by Gasteiger charge is -2.15. The molecule has 0 fully saturated rings. The summed E-state index contributed by atoms with van der Waals surface area (Å²) in [6, 6.07) is 16.2. The number of ether oxygens (including phenoxy) is 2. The minimum atomic E-state index is -0.527. The molecule has 0 saturated heterocycles. The smallest absolute Gasteiger partial charge is 0.340 e. The third-order valence-corrected chi connectivity index (χ3v) is 5.85. The molecule has 1 aromatic heterocycles. The third kappa shape index (κ3) is 3.79. The number of hydrogen-bond donors (Lipinski definition) is 0. The van der Waals surface area contributed by atoms with Crippen LogP contribution in [0.25, 0.3) is 21.7 Å². The number of esters is 1. The molecular formula is C26H24O5. The molecule has 4 aromatic rings. The van der Waals surface area contributed by atoms with Crippen molar-refractivity contribution in [2.75, 3.05) is 7.11 Å². The van der Waals surface area contributed by atoms with Crippen molar-refractivity contribution >= 4 is 27.7 Å². The van der Waals surface area contributed by atoms with Gasteiger partial charge in [0.25, 0.3) is 0 Å². The second-order valence-electron chi connectivity index (χ2n) is 7.68. The molecule has 0 aliphatic carbocycles. The molecule has 4 rings (SSSR count). The highest BCUT2D eigenvalue weighted by Crippen LogP contribution is 2.31. The first kappa shape index (κ1) is 20.7. The SMILES string of the molecule is COC(=O)Cc1c(C)c2ccc(OCc3c(C)ccc4ccccc34)c(C)c2oc1=O. The molecule has 3 aromatic carbocycles. The van der Waals surface area contributed by atoms with Gasteiger partial charge in [0.2, 0.25) is 0 Å². The van der Waals surface area contributed by atoms with Gasteiger partial charge in [0.15, 0.2) is 0 Å². The van der Waals surface area contributed by atoms with Crippen LogP contribution in [0.5, 0.6) is 5.75 Å². The van der Waals surface area contributed by atoms with Crippen LogP contribution >= 0.6 is 0 Å². The fourth-order valence-electron chi connectivity index (χ4n) is 3.93. The first-order valence-electron chi connectivity index (χ1n) is 10.1. The van der Waals surface area contributed by atoms with Gasteiger partial charge >= 0.3 is 11.6 Å². The number of carbonyl (C=O) groups excluding carboxylic acids is 1. The Labute approximate surface area is 180 Å². The summed E-state index contributed by atoms with van der Waals surface area (Å²) in [4.78, 5) is 24.2. The van der Waals surface area contributed by atoms with E-state index in [0.29, 0.717) is 23.5 Å². The second kappa shape index (κ2) is 8.26. The summed E-state index contributed by atoms with van der Waals surface area (Å²) in [7, 11) is 1.30. The van der Waals surface area contributed by atoms with Gasteiger partial charge < -0.3 is 13.9 Å². The lowest BCUT2D eigenvalue weighted by molar-refractivity contribution is -0.139. The van der Waals surface area contributed by atoms with Gasteiger partial charge in [-0.25, -0.2) is 4.79 Å². The molecule has 0 atom stereocenters. The molecule has 158 valence electrons. The number of rotatable bonds is 5. The minimum Gasteiger partial charge on any atom is -0.488 e. The normalized spacial score (nSPS) is 11.1. The van der Waals surface area contributed by atoms with Crippen molar-refractivity contribution in [1.82, 2.24) is 0 Å². The van der Waals surface area contributed by atoms with E-state index in [0.717, 1.165) is 33.0 Å². The number of benzene rings is 3. The van der Waals surface area contributed by atoms with E-state index in [9.17, 15) is 9.59 Å². The van der Waals surface area contributed by atoms with Gasteiger partial charge in [-0.1, -0.05) is 36.4 Å². The Morgan fingerprint density at radius 1 is 0.903 bits per heavy atom. The van der Waals surface area contributed by atoms with Crippen molar-refractivity contribution < 1.29 is 18.7 Å². The molecule has 0 aliphatic rings. The van der Waals surface area contributed by atoms with Gasteiger partial charge in [-0.05, 0) is 54.8 Å². The average molecular weight is 416 g/mol. The zero-order chi connectivity index (χ0) is 22.1. The Morgan fingerprint density at radius 3 is 2.45 bits per heavy atom. The summed E-state index contributed by atoms with van der Waals surface area (Å²) in [5.74, 6) is 0.181. The van der Waals surface area contributed by atoms with E-state index in [2.05, 4.69) is 31.2 Å². The molecule has 0 aliphatic heterocycles. The van der Waals surface area contributed by atoms with Crippen LogP contribution in [0.3, 0.4) is 0 Å². The predicted octanol–water partition coefficient (Wildman–Crippen LogP) is 5.17. The van der Waals surface area contributed by atoms with Crippen molar-refractivity contribution in [2.24, 2.45) is 0 Å². The van der Waals surface area contributed by atoms with Gasteiger partial charge in [0, 0.05) is 16.5 Å². The molecule has 0 unspecified atom stereocenters. The maximum Gasteiger partial charge on any atom is 0.340 e. The molecule has 0 spiro atoms. The lowest BCUT2D eigenvalue weighted by atomic mass is 10.00. The summed E-state index contributed by atoms with van der Waals surface area (Å²) < 4.78 is 16.5. The number of hydrogen-bond acceptors (Lipinski definition) is 5. The fraction of sp³-hybridized carbons (Fsp3) is 0.231. The van der Waals surface area contributed by atoms with E-state index in [1.807, 2.05) is 38.1 Å². The fourth-order valence-corrected chi connectivity index (χ4v) is 3.93. The van der Waals surface area contributed by atoms with E-state index in [1.165, 1.54) is 12.5 Å². The maximum atomic E-state index is 12.5. The van der Waals surface area contributed by atoms with E-state index < -0.39 is 11.6 Å². The minimum absolute atomic E-state index is 0.113. The molecule has 5 nitrogen and oxygen atoms in total. The molecule has 0 radical (unpaired) electrons. The van der Waals surface area contributed by atoms with E-state index in [-0.39, 0.29) is 6.42 Å². The van der Waals surface area contributed by atoms with Crippen LogP contribution in [0.4, 0.5) is 0 Å². The van der Waals surface area contributed by atoms with Gasteiger partial charge in [0.1, 0.15) is 17.9 Å². The van der Waals surface area contributed by atoms with Crippen LogP contribution < -0.4 is 10.4 Å². The summed E-state index contributed by atoms with van der Waals surface area (Å²) in [5, 5.41) is 3.11. The lowest BCUT2D eigenvalue weighted by Crippen LogP contribution is -2.16. The average Bonchev–Trinajstić information content (AvgIpc) is 2.77. The summed E-state index contributed by atoms with van der Waals surface area (Å²) in [5.41, 5.74) is 4.02. The first-order valence-corrected chi connectivity index (χ1v) is 10.1. The Kier molecular flexibility index (Phi) is 5.51. The highest BCUT2D eigenvalue weighted by Gasteiger charge is 2.18. The highest BCUT2D eigenvalue weighted by atomic mass is 16.5. The molecular weight excluding hydrogens is 392 g/mol. The van der Waals surface area contributed by atoms with Crippen LogP contribution in [0, 0.1) is 20.8 Å². The van der Waals surface area contributed by atoms with Gasteiger partial charge in [-0.3, -0.25) is 4.79 Å². The van der Waals surface area contributed by atoms with Crippen LogP contribution in [0.2, 0.25) is 0 Å². The molecule has 31 heavy (non-hydrogen) atoms. The Hall–Kier alpha value is -3.60. The topological polar surface area (TPSA) is 65.7 Å². The van der Waals surface area contributed by atoms with E-state index in [4.69, 9.17) is 13.9 Å². The van der Waals surface area contributed by atoms with Crippen molar-refractivity contribution in [3.63, 3.8) is 0 Å². The van der Waals surface area contributed by atoms with E-state index >= 15 is 0 Å². The molecule has 0 saturated carbocycles. The van der Waals surface area contributed by atoms with E-state index in [1.54, 1.807) is 0 Å². The molecule has 0 bridgehead atoms. The number of carbonyl (C=O) groups is 1. The number of fused-ring (bicyclic) bond motifs is 2. The molecule has 5 heteroatoms. The monoisotopic (exact) mass is 416 g/mol. The van der Waals surface area contributed by atoms with Gasteiger partial charge in [-0.2, -0.15) is 0 Å². The largest absolute Gasteiger partial charge is 0.488 e. The van der Waals surface area contributed by atoms with Crippen molar-refractivity contribution in [3.05, 3.63) is 86.8 Å². The van der Waals surface area contributed by atoms with Crippen LogP contribution in [0.15, 0.2) is 57.7 Å². The maximum absolute atomic E-state index is 12.5. The third-order valence-electron chi connectivity index (χ3n) is 5.85. The predicted molar refractivity (Wildman–Crippen MR) is 121 cm³/mol. The molecule has 0 N–H and O–H groups in total. The summed E-state index contributed by atoms with van der Waals surface area (Å²) >= 11 is 0. The van der Waals surface area contributed by atoms with Crippen LogP contribution in [-0.2, 0) is 22.6 Å². The van der Waals surface area contributed by atoms with Crippen LogP contribution in [0.1, 0.15) is 27.8 Å². The Morgan fingerprint density at radius 2 is 1.68 bits per heavy atom. The zero-order valence-electron chi connectivity index (χ0n) is 18.1. The van der Waals surface area contributed by atoms with Crippen molar-refractivity contribution in [3.8, 4) is 5.75 Å². The summed E-state index contributed by atoms with van der Waals surface area (Å²) in [6.07, 6.45) is -0.113. The molecule has 0 amide bonds. The first-order chi connectivity index (χ1) is 14.9. The number of methoxy groups -OCH3 is 1. The Bertz CT molecular complexity index is 1360. The molecule has 1 heterocycles. The zero-order valence-corrected chi connectivity index (χ0v) is 18.1. The highest BCUT2D eigenvalue weighted by molar-refractivity contribution is 5.88. The van der Waals surface area contributed by atoms with Gasteiger partial charge in [0.05, 0.1) is 19.1 Å². The quantitative estimate of drug-likeness (QED) is 0.332. The van der Waals surface area contributed by atoms with Crippen molar-refractivity contribution in [2.45, 2.75) is 33.8 Å². The van der Waals surface area contributed by atoms with Crippen LogP contribution in [-0.4, -0.2) is 13.1 Å². The van der Waals surface area contributed by atoms with Gasteiger partial charge in [-0.15, -0.1) is 0 Å². The summed E-state index contributed by atoms with van der Waals surface area (Å²) in [6.45, 7) is 6.17. The number of aryl methyl sites for hydroxylation is 3. The van der Waals surface area contributed by atoms with Crippen molar-refractivity contribution in [1.29, 1.82) is 0 Å².